The molecule has 0 amide bonds. The summed E-state index contributed by atoms with van der Waals surface area (Å²) >= 11 is 7.57. The van der Waals surface area contributed by atoms with E-state index in [1.807, 2.05) is 30.7 Å². The summed E-state index contributed by atoms with van der Waals surface area (Å²) < 4.78 is 33.8. The molecule has 3 fully saturated rings. The normalized spacial score (nSPS) is 32.4. The molecule has 0 aromatic carbocycles. The molecule has 176 valence electrons. The predicted molar refractivity (Wildman–Crippen MR) is 122 cm³/mol. The highest BCUT2D eigenvalue weighted by Gasteiger charge is 2.56. The molecule has 8 nitrogen and oxygen atoms in total. The van der Waals surface area contributed by atoms with Crippen LogP contribution in [0.2, 0.25) is 5.15 Å². The third-order valence-electron chi connectivity index (χ3n) is 6.21. The monoisotopic (exact) mass is 494 g/mol. The number of alkyl halides is 1. The van der Waals surface area contributed by atoms with E-state index in [1.54, 1.807) is 0 Å². The Morgan fingerprint density at radius 1 is 1.42 bits per heavy atom. The average Bonchev–Trinajstić information content (AvgIpc) is 3.35. The largest absolute Gasteiger partial charge is 0.380 e. The van der Waals surface area contributed by atoms with Crippen LogP contribution in [0.1, 0.15) is 45.4 Å². The summed E-state index contributed by atoms with van der Waals surface area (Å²) in [5, 5.41) is 13.7. The molecule has 5 rings (SSSR count). The Morgan fingerprint density at radius 3 is 2.82 bits per heavy atom. The molecule has 0 unspecified atom stereocenters. The molecule has 2 aromatic heterocycles. The van der Waals surface area contributed by atoms with E-state index in [4.69, 9.17) is 25.8 Å². The van der Waals surface area contributed by atoms with Gasteiger partial charge in [0.05, 0.1) is 11.8 Å². The zero-order chi connectivity index (χ0) is 23.5. The Balaban J connectivity index is 1.52. The lowest BCUT2D eigenvalue weighted by Crippen LogP contribution is -2.36. The minimum atomic E-state index is -0.832. The molecule has 1 saturated carbocycles. The van der Waals surface area contributed by atoms with Crippen molar-refractivity contribution in [2.45, 2.75) is 76.2 Å². The SMILES string of the molecule is CC(=O)SC[C@H]1O[C@@H](n2ccc3c(NC4CC(F)C4)c(C#N)c(Cl)nc32)[C@@H]2OC(C)(C)O[C@@H]21. The number of anilines is 1. The third-order valence-corrected chi connectivity index (χ3v) is 7.38. The maximum Gasteiger partial charge on any atom is 0.185 e. The first-order valence-corrected chi connectivity index (χ1v) is 12.2. The molecule has 4 heterocycles. The molecular formula is C22H24ClFN4O4S. The third kappa shape index (κ3) is 4.10. The van der Waals surface area contributed by atoms with Gasteiger partial charge in [0.25, 0.3) is 0 Å². The fourth-order valence-electron chi connectivity index (χ4n) is 4.68. The first-order chi connectivity index (χ1) is 15.7. The molecule has 4 atom stereocenters. The molecular weight excluding hydrogens is 471 g/mol. The van der Waals surface area contributed by atoms with Crippen molar-refractivity contribution in [2.75, 3.05) is 11.1 Å². The molecule has 2 aromatic rings. The Morgan fingerprint density at radius 2 is 2.15 bits per heavy atom. The van der Waals surface area contributed by atoms with E-state index in [9.17, 15) is 14.4 Å². The van der Waals surface area contributed by atoms with E-state index >= 15 is 0 Å². The number of halogens is 2. The number of fused-ring (bicyclic) bond motifs is 2. The molecule has 3 aliphatic rings. The van der Waals surface area contributed by atoms with Crippen LogP contribution in [0.4, 0.5) is 10.1 Å². The van der Waals surface area contributed by atoms with Gasteiger partial charge in [-0.3, -0.25) is 4.79 Å². The molecule has 0 spiro atoms. The number of thioether (sulfide) groups is 1. The molecule has 2 saturated heterocycles. The van der Waals surface area contributed by atoms with Crippen molar-refractivity contribution >= 4 is 45.2 Å². The van der Waals surface area contributed by atoms with E-state index in [0.717, 1.165) is 0 Å². The summed E-state index contributed by atoms with van der Waals surface area (Å²) in [5.41, 5.74) is 1.30. The lowest BCUT2D eigenvalue weighted by molar-refractivity contribution is -0.193. The lowest BCUT2D eigenvalue weighted by Gasteiger charge is -2.31. The van der Waals surface area contributed by atoms with Crippen LogP contribution in [0.5, 0.6) is 0 Å². The average molecular weight is 495 g/mol. The maximum absolute atomic E-state index is 13.4. The summed E-state index contributed by atoms with van der Waals surface area (Å²) in [5.74, 6) is -0.352. The number of rotatable bonds is 5. The van der Waals surface area contributed by atoms with E-state index in [2.05, 4.69) is 16.4 Å². The Bertz CT molecular complexity index is 1150. The van der Waals surface area contributed by atoms with Gasteiger partial charge in [-0.15, -0.1) is 0 Å². The van der Waals surface area contributed by atoms with Gasteiger partial charge in [0.15, 0.2) is 22.3 Å². The second kappa shape index (κ2) is 8.40. The predicted octanol–water partition coefficient (Wildman–Crippen LogP) is 4.17. The smallest absolute Gasteiger partial charge is 0.185 e. The first-order valence-electron chi connectivity index (χ1n) is 10.8. The molecule has 0 radical (unpaired) electrons. The van der Waals surface area contributed by atoms with Gasteiger partial charge in [-0.1, -0.05) is 23.4 Å². The highest BCUT2D eigenvalue weighted by molar-refractivity contribution is 8.13. The number of carbonyl (C=O) groups excluding carboxylic acids is 1. The van der Waals surface area contributed by atoms with Gasteiger partial charge in [-0.05, 0) is 32.8 Å². The zero-order valence-electron chi connectivity index (χ0n) is 18.4. The lowest BCUT2D eigenvalue weighted by atomic mass is 9.90. The molecule has 1 aliphatic carbocycles. The highest BCUT2D eigenvalue weighted by atomic mass is 35.5. The van der Waals surface area contributed by atoms with Gasteiger partial charge in [0.1, 0.15) is 35.7 Å². The zero-order valence-corrected chi connectivity index (χ0v) is 20.0. The van der Waals surface area contributed by atoms with Crippen LogP contribution in [-0.4, -0.2) is 56.7 Å². The van der Waals surface area contributed by atoms with Crippen molar-refractivity contribution in [3.05, 3.63) is 23.0 Å². The number of nitrogens with one attached hydrogen (secondary N) is 1. The quantitative estimate of drug-likeness (QED) is 0.618. The van der Waals surface area contributed by atoms with Crippen molar-refractivity contribution in [2.24, 2.45) is 0 Å². The van der Waals surface area contributed by atoms with Gasteiger partial charge in [-0.25, -0.2) is 9.37 Å². The van der Waals surface area contributed by atoms with Crippen molar-refractivity contribution in [1.29, 1.82) is 5.26 Å². The maximum atomic E-state index is 13.4. The number of hydrogen-bond acceptors (Lipinski definition) is 8. The van der Waals surface area contributed by atoms with Crippen molar-refractivity contribution in [3.63, 3.8) is 0 Å². The van der Waals surface area contributed by atoms with Crippen molar-refractivity contribution in [1.82, 2.24) is 9.55 Å². The second-order valence-electron chi connectivity index (χ2n) is 9.07. The van der Waals surface area contributed by atoms with Gasteiger partial charge < -0.3 is 24.1 Å². The van der Waals surface area contributed by atoms with Gasteiger partial charge in [0.2, 0.25) is 0 Å². The second-order valence-corrected chi connectivity index (χ2v) is 10.6. The van der Waals surface area contributed by atoms with Crippen LogP contribution >= 0.6 is 23.4 Å². The van der Waals surface area contributed by atoms with Gasteiger partial charge >= 0.3 is 0 Å². The number of nitrogens with zero attached hydrogens (tertiary/aromatic N) is 3. The Labute approximate surface area is 199 Å². The number of hydrogen-bond donors (Lipinski definition) is 1. The van der Waals surface area contributed by atoms with Gasteiger partial charge in [-0.2, -0.15) is 5.26 Å². The summed E-state index contributed by atoms with van der Waals surface area (Å²) in [4.78, 5) is 16.0. The number of pyridine rings is 1. The Kier molecular flexibility index (Phi) is 5.82. The van der Waals surface area contributed by atoms with Crippen molar-refractivity contribution in [3.8, 4) is 6.07 Å². The highest BCUT2D eigenvalue weighted by Crippen LogP contribution is 2.45. The molecule has 1 N–H and O–H groups in total. The molecule has 11 heteroatoms. The van der Waals surface area contributed by atoms with Gasteiger partial charge in [0, 0.05) is 30.3 Å². The van der Waals surface area contributed by atoms with Crippen LogP contribution in [0.3, 0.4) is 0 Å². The number of aromatic nitrogens is 2. The Hall–Kier alpha value is -1.90. The van der Waals surface area contributed by atoms with E-state index < -0.39 is 24.3 Å². The number of nitriles is 1. The summed E-state index contributed by atoms with van der Waals surface area (Å²) in [6, 6.07) is 3.88. The standard InChI is InChI=1S/C22H24ClFN4O4S/c1-10(29)33-9-15-17-18(32-22(2,3)31-17)21(30-15)28-5-4-13-16(26-12-6-11(24)7-12)14(8-25)19(23)27-20(13)28/h4-5,11-12,15,17-18,21H,6-7,9H2,1-3H3,(H,26,27)/t11?,12?,15-,17-,18-,21-/m1/s1. The van der Waals surface area contributed by atoms with Crippen LogP contribution in [0, 0.1) is 11.3 Å². The van der Waals surface area contributed by atoms with Crippen LogP contribution < -0.4 is 5.32 Å². The molecule has 33 heavy (non-hydrogen) atoms. The van der Waals surface area contributed by atoms with Crippen LogP contribution in [0.25, 0.3) is 11.0 Å². The fourth-order valence-corrected chi connectivity index (χ4v) is 5.57. The molecule has 0 bridgehead atoms. The minimum absolute atomic E-state index is 0.00268. The van der Waals surface area contributed by atoms with E-state index in [1.165, 1.54) is 18.7 Å². The summed E-state index contributed by atoms with van der Waals surface area (Å²) in [7, 11) is 0. The number of carbonyl (C=O) groups is 1. The fraction of sp³-hybridized carbons (Fsp3) is 0.591. The summed E-state index contributed by atoms with van der Waals surface area (Å²) in [6.07, 6.45) is 0.0805. The first kappa shape index (κ1) is 22.9. The molecule has 2 aliphatic heterocycles. The van der Waals surface area contributed by atoms with Crippen LogP contribution in [0.15, 0.2) is 12.3 Å². The van der Waals surface area contributed by atoms with E-state index in [-0.39, 0.29) is 34.1 Å². The minimum Gasteiger partial charge on any atom is -0.380 e. The topological polar surface area (TPSA) is 98.4 Å². The number of ether oxygens (including phenoxy) is 3. The van der Waals surface area contributed by atoms with Crippen LogP contribution in [-0.2, 0) is 19.0 Å². The van der Waals surface area contributed by atoms with Crippen molar-refractivity contribution < 1.29 is 23.4 Å². The van der Waals surface area contributed by atoms with E-state index in [0.29, 0.717) is 35.3 Å². The summed E-state index contributed by atoms with van der Waals surface area (Å²) in [6.45, 7) is 5.21.